The van der Waals surface area contributed by atoms with E-state index in [-0.39, 0.29) is 15.8 Å². The third kappa shape index (κ3) is 5.24. The smallest absolute Gasteiger partial charge is 0.267 e. The molecule has 0 aliphatic rings. The maximum atomic E-state index is 14.0. The molecule has 1 heterocycles. The van der Waals surface area contributed by atoms with Crippen molar-refractivity contribution in [3.8, 4) is 5.75 Å². The van der Waals surface area contributed by atoms with Gasteiger partial charge in [0.15, 0.2) is 5.78 Å². The number of carbonyl (C=O) groups excluding carboxylic acids is 2. The van der Waals surface area contributed by atoms with Crippen LogP contribution in [0.3, 0.4) is 0 Å². The summed E-state index contributed by atoms with van der Waals surface area (Å²) in [5.74, 6) is -0.122. The minimum Gasteiger partial charge on any atom is -0.494 e. The van der Waals surface area contributed by atoms with Gasteiger partial charge in [0.2, 0.25) is 11.0 Å². The van der Waals surface area contributed by atoms with Gasteiger partial charge in [-0.1, -0.05) is 47.7 Å². The van der Waals surface area contributed by atoms with Crippen molar-refractivity contribution >= 4 is 54.6 Å². The number of sulfonamides is 1. The number of nitrogens with zero attached hydrogens (tertiary/aromatic N) is 2. The van der Waals surface area contributed by atoms with E-state index in [4.69, 9.17) is 4.74 Å². The molecular weight excluding hydrogens is 498 g/mol. The van der Waals surface area contributed by atoms with Gasteiger partial charge in [-0.2, -0.15) is 0 Å². The lowest BCUT2D eigenvalue weighted by Gasteiger charge is -2.22. The molecule has 186 valence electrons. The number of carbonyl (C=O) groups is 2. The van der Waals surface area contributed by atoms with Gasteiger partial charge in [-0.15, -0.1) is 0 Å². The van der Waals surface area contributed by atoms with Crippen molar-refractivity contribution in [2.45, 2.75) is 25.7 Å². The summed E-state index contributed by atoms with van der Waals surface area (Å²) in [5, 5.41) is 4.05. The number of benzene rings is 3. The maximum Gasteiger partial charge on any atom is 0.267 e. The van der Waals surface area contributed by atoms with E-state index in [9.17, 15) is 18.0 Å². The Morgan fingerprint density at radius 3 is 2.39 bits per heavy atom. The monoisotopic (exact) mass is 523 g/mol. The van der Waals surface area contributed by atoms with Crippen LogP contribution in [0.2, 0.25) is 0 Å². The van der Waals surface area contributed by atoms with Gasteiger partial charge in [-0.25, -0.2) is 17.7 Å². The molecule has 0 saturated carbocycles. The second-order valence-corrected chi connectivity index (χ2v) is 10.8. The van der Waals surface area contributed by atoms with Crippen molar-refractivity contribution in [2.24, 2.45) is 0 Å². The van der Waals surface area contributed by atoms with Crippen molar-refractivity contribution in [3.63, 3.8) is 0 Å². The number of amides is 1. The number of ketones is 1. The van der Waals surface area contributed by atoms with E-state index in [0.717, 1.165) is 21.0 Å². The van der Waals surface area contributed by atoms with Crippen LogP contribution in [-0.4, -0.2) is 38.2 Å². The molecule has 0 bridgehead atoms. The number of rotatable bonds is 9. The number of thiazole rings is 1. The average molecular weight is 524 g/mol. The van der Waals surface area contributed by atoms with E-state index >= 15 is 0 Å². The van der Waals surface area contributed by atoms with Crippen molar-refractivity contribution in [2.75, 3.05) is 22.8 Å². The molecule has 0 unspecified atom stereocenters. The largest absolute Gasteiger partial charge is 0.494 e. The van der Waals surface area contributed by atoms with Crippen molar-refractivity contribution in [3.05, 3.63) is 77.3 Å². The fraction of sp³-hybridized carbons (Fsp3) is 0.192. The molecule has 0 aliphatic heterocycles. The quantitative estimate of drug-likeness (QED) is 0.308. The zero-order chi connectivity index (χ0) is 25.9. The molecule has 0 fully saturated rings. The highest BCUT2D eigenvalue weighted by molar-refractivity contribution is 7.93. The first-order valence-electron chi connectivity index (χ1n) is 11.2. The molecular formula is C26H25N3O5S2. The van der Waals surface area contributed by atoms with Crippen LogP contribution in [0, 0.1) is 6.92 Å². The van der Waals surface area contributed by atoms with Crippen molar-refractivity contribution in [1.29, 1.82) is 0 Å². The van der Waals surface area contributed by atoms with Gasteiger partial charge in [0.25, 0.3) is 10.0 Å². The molecule has 1 amide bonds. The highest BCUT2D eigenvalue weighted by atomic mass is 32.2. The first-order valence-corrected chi connectivity index (χ1v) is 13.5. The Kier molecular flexibility index (Phi) is 7.37. The van der Waals surface area contributed by atoms with Gasteiger partial charge in [0.1, 0.15) is 12.3 Å². The van der Waals surface area contributed by atoms with Gasteiger partial charge in [0.05, 0.1) is 22.1 Å². The fourth-order valence-electron chi connectivity index (χ4n) is 3.74. The molecule has 0 spiro atoms. The highest BCUT2D eigenvalue weighted by Crippen LogP contribution is 2.33. The van der Waals surface area contributed by atoms with Crippen LogP contribution in [0.5, 0.6) is 5.75 Å². The normalized spacial score (nSPS) is 11.3. The van der Waals surface area contributed by atoms with E-state index < -0.39 is 22.5 Å². The average Bonchev–Trinajstić information content (AvgIpc) is 3.25. The molecule has 0 radical (unpaired) electrons. The zero-order valence-electron chi connectivity index (χ0n) is 20.0. The third-order valence-corrected chi connectivity index (χ3v) is 8.56. The predicted molar refractivity (Wildman–Crippen MR) is 142 cm³/mol. The standard InChI is InChI=1S/C26H25N3O5S2/c1-4-34-21-14-12-20(13-15-21)28-24(31)16-29(26-27-17(2)25(35-26)18(3)30)36(32,33)23-11-7-9-19-8-5-6-10-22(19)23/h5-15H,4,16H2,1-3H3,(H,28,31). The summed E-state index contributed by atoms with van der Waals surface area (Å²) in [6.07, 6.45) is 0. The summed E-state index contributed by atoms with van der Waals surface area (Å²) >= 11 is 0.948. The van der Waals surface area contributed by atoms with Gasteiger partial charge in [0, 0.05) is 18.0 Å². The number of hydrogen-bond donors (Lipinski definition) is 1. The van der Waals surface area contributed by atoms with Crippen LogP contribution >= 0.6 is 11.3 Å². The Morgan fingerprint density at radius 2 is 1.72 bits per heavy atom. The summed E-state index contributed by atoms with van der Waals surface area (Å²) in [4.78, 5) is 29.8. The molecule has 1 aromatic heterocycles. The number of hydrogen-bond acceptors (Lipinski definition) is 7. The van der Waals surface area contributed by atoms with E-state index in [2.05, 4.69) is 10.3 Å². The van der Waals surface area contributed by atoms with E-state index in [1.807, 2.05) is 25.1 Å². The van der Waals surface area contributed by atoms with Gasteiger partial charge in [-0.05, 0) is 49.6 Å². The maximum absolute atomic E-state index is 14.0. The van der Waals surface area contributed by atoms with Crippen LogP contribution in [0.1, 0.15) is 29.2 Å². The predicted octanol–water partition coefficient (Wildman–Crippen LogP) is 5.04. The molecule has 0 aliphatic carbocycles. The molecule has 4 rings (SSSR count). The minimum atomic E-state index is -4.22. The molecule has 0 atom stereocenters. The van der Waals surface area contributed by atoms with E-state index in [0.29, 0.717) is 34.0 Å². The molecule has 36 heavy (non-hydrogen) atoms. The van der Waals surface area contributed by atoms with Gasteiger partial charge >= 0.3 is 0 Å². The van der Waals surface area contributed by atoms with Crippen LogP contribution in [0.15, 0.2) is 71.6 Å². The van der Waals surface area contributed by atoms with Crippen molar-refractivity contribution < 1.29 is 22.7 Å². The lowest BCUT2D eigenvalue weighted by molar-refractivity contribution is -0.114. The van der Waals surface area contributed by atoms with E-state index in [1.54, 1.807) is 49.4 Å². The summed E-state index contributed by atoms with van der Waals surface area (Å²) < 4.78 is 34.3. The molecule has 4 aromatic rings. The molecule has 8 nitrogen and oxygen atoms in total. The number of aromatic nitrogens is 1. The van der Waals surface area contributed by atoms with Crippen LogP contribution in [0.25, 0.3) is 10.8 Å². The van der Waals surface area contributed by atoms with Crippen LogP contribution < -0.4 is 14.4 Å². The lowest BCUT2D eigenvalue weighted by atomic mass is 10.1. The van der Waals surface area contributed by atoms with Crippen LogP contribution in [-0.2, 0) is 14.8 Å². The number of fused-ring (bicyclic) bond motifs is 1. The number of aryl methyl sites for hydroxylation is 1. The highest BCUT2D eigenvalue weighted by Gasteiger charge is 2.32. The Morgan fingerprint density at radius 1 is 1.03 bits per heavy atom. The van der Waals surface area contributed by atoms with Crippen molar-refractivity contribution in [1.82, 2.24) is 4.98 Å². The van der Waals surface area contributed by atoms with Crippen LogP contribution in [0.4, 0.5) is 10.8 Å². The Balaban J connectivity index is 1.72. The number of ether oxygens (including phenoxy) is 1. The van der Waals surface area contributed by atoms with Gasteiger partial charge in [-0.3, -0.25) is 9.59 Å². The first-order chi connectivity index (χ1) is 17.2. The molecule has 3 aromatic carbocycles. The summed E-state index contributed by atoms with van der Waals surface area (Å²) in [7, 11) is -4.22. The SMILES string of the molecule is CCOc1ccc(NC(=O)CN(c2nc(C)c(C(C)=O)s2)S(=O)(=O)c2cccc3ccccc23)cc1. The second kappa shape index (κ2) is 10.5. The molecule has 1 N–H and O–H groups in total. The first kappa shape index (κ1) is 25.3. The summed E-state index contributed by atoms with van der Waals surface area (Å²) in [6, 6.07) is 18.9. The summed E-state index contributed by atoms with van der Waals surface area (Å²) in [6.45, 7) is 4.90. The number of Topliss-reactive ketones (excluding diaryl/α,β-unsaturated/α-hetero) is 1. The van der Waals surface area contributed by atoms with E-state index in [1.165, 1.54) is 13.0 Å². The lowest BCUT2D eigenvalue weighted by Crippen LogP contribution is -2.38. The molecule has 10 heteroatoms. The number of anilines is 2. The molecule has 0 saturated heterocycles. The third-order valence-electron chi connectivity index (χ3n) is 5.37. The topological polar surface area (TPSA) is 106 Å². The summed E-state index contributed by atoms with van der Waals surface area (Å²) in [5.41, 5.74) is 0.901. The Labute approximate surface area is 213 Å². The van der Waals surface area contributed by atoms with Gasteiger partial charge < -0.3 is 10.1 Å². The number of nitrogens with one attached hydrogen (secondary N) is 1. The second-order valence-electron chi connectivity index (χ2n) is 7.96. The Hall–Kier alpha value is -3.76. The Bertz CT molecular complexity index is 1520. The minimum absolute atomic E-state index is 0.0479. The zero-order valence-corrected chi connectivity index (χ0v) is 21.7. The fourth-order valence-corrected chi connectivity index (χ4v) is 6.50.